The summed E-state index contributed by atoms with van der Waals surface area (Å²) in [7, 11) is 0. The summed E-state index contributed by atoms with van der Waals surface area (Å²) in [5, 5.41) is 3.40. The molecule has 0 spiro atoms. The number of rotatable bonds is 4. The summed E-state index contributed by atoms with van der Waals surface area (Å²) >= 11 is 1.86. The van der Waals surface area contributed by atoms with Crippen molar-refractivity contribution in [1.82, 2.24) is 0 Å². The third-order valence-electron chi connectivity index (χ3n) is 3.82. The maximum Gasteiger partial charge on any atom is 0.414 e. The van der Waals surface area contributed by atoms with Crippen LogP contribution in [0.4, 0.5) is 20.6 Å². The SMILES string of the molecule is [N-]=[N+]=NCC1CN(c2ccc(N3CCSCC3)c(F)c2)C(=O)O1. The van der Waals surface area contributed by atoms with Crippen molar-refractivity contribution in [2.75, 3.05) is 47.5 Å². The second kappa shape index (κ2) is 6.97. The molecule has 1 unspecified atom stereocenters. The summed E-state index contributed by atoms with van der Waals surface area (Å²) in [6.07, 6.45) is -1.05. The number of halogens is 1. The van der Waals surface area contributed by atoms with Gasteiger partial charge in [0.1, 0.15) is 11.9 Å². The van der Waals surface area contributed by atoms with Gasteiger partial charge < -0.3 is 9.64 Å². The van der Waals surface area contributed by atoms with Crippen molar-refractivity contribution >= 4 is 29.2 Å². The first-order chi connectivity index (χ1) is 11.2. The fourth-order valence-electron chi connectivity index (χ4n) is 2.68. The quantitative estimate of drug-likeness (QED) is 0.480. The summed E-state index contributed by atoms with van der Waals surface area (Å²) < 4.78 is 19.5. The summed E-state index contributed by atoms with van der Waals surface area (Å²) in [5.41, 5.74) is 9.33. The molecule has 0 aliphatic carbocycles. The molecule has 2 fully saturated rings. The van der Waals surface area contributed by atoms with Crippen molar-refractivity contribution < 1.29 is 13.9 Å². The average Bonchev–Trinajstić information content (AvgIpc) is 2.94. The molecule has 2 aliphatic rings. The Hall–Kier alpha value is -2.12. The zero-order valence-corrected chi connectivity index (χ0v) is 13.2. The number of azide groups is 1. The van der Waals surface area contributed by atoms with Crippen LogP contribution in [0.25, 0.3) is 10.4 Å². The van der Waals surface area contributed by atoms with Crippen LogP contribution in [0.5, 0.6) is 0 Å². The normalized spacial score (nSPS) is 21.1. The highest BCUT2D eigenvalue weighted by molar-refractivity contribution is 7.99. The first kappa shape index (κ1) is 15.8. The standard InChI is InChI=1S/C14H16FN5O2S/c15-12-7-10(1-2-13(12)19-3-5-23-6-4-19)20-9-11(8-17-18-16)22-14(20)21/h1-2,7,11H,3-6,8-9H2. The van der Waals surface area contributed by atoms with Crippen LogP contribution in [0.2, 0.25) is 0 Å². The van der Waals surface area contributed by atoms with Crippen molar-refractivity contribution in [2.45, 2.75) is 6.10 Å². The van der Waals surface area contributed by atoms with E-state index in [0.29, 0.717) is 11.4 Å². The molecule has 1 atom stereocenters. The highest BCUT2D eigenvalue weighted by atomic mass is 32.2. The topological polar surface area (TPSA) is 81.5 Å². The number of hydrogen-bond donors (Lipinski definition) is 0. The lowest BCUT2D eigenvalue weighted by atomic mass is 10.2. The van der Waals surface area contributed by atoms with E-state index < -0.39 is 12.2 Å². The van der Waals surface area contributed by atoms with Gasteiger partial charge in [-0.2, -0.15) is 11.8 Å². The summed E-state index contributed by atoms with van der Waals surface area (Å²) in [6, 6.07) is 4.78. The molecule has 2 saturated heterocycles. The van der Waals surface area contributed by atoms with Crippen LogP contribution in [0.3, 0.4) is 0 Å². The van der Waals surface area contributed by atoms with Crippen LogP contribution in [-0.2, 0) is 4.74 Å². The second-order valence-corrected chi connectivity index (χ2v) is 6.49. The highest BCUT2D eigenvalue weighted by Crippen LogP contribution is 2.29. The monoisotopic (exact) mass is 337 g/mol. The summed E-state index contributed by atoms with van der Waals surface area (Å²) in [4.78, 5) is 17.9. The van der Waals surface area contributed by atoms with Crippen LogP contribution in [-0.4, -0.2) is 49.9 Å². The highest BCUT2D eigenvalue weighted by Gasteiger charge is 2.32. The number of nitrogens with zero attached hydrogens (tertiary/aromatic N) is 5. The fraction of sp³-hybridized carbons (Fsp3) is 0.500. The molecule has 122 valence electrons. The van der Waals surface area contributed by atoms with E-state index in [2.05, 4.69) is 10.0 Å². The molecule has 2 heterocycles. The van der Waals surface area contributed by atoms with Gasteiger partial charge in [-0.15, -0.1) is 0 Å². The summed E-state index contributed by atoms with van der Waals surface area (Å²) in [6.45, 7) is 1.96. The van der Waals surface area contributed by atoms with Crippen molar-refractivity contribution in [3.8, 4) is 0 Å². The minimum Gasteiger partial charge on any atom is -0.444 e. The minimum absolute atomic E-state index is 0.0742. The Labute approximate surface area is 137 Å². The lowest BCUT2D eigenvalue weighted by Crippen LogP contribution is -2.33. The third kappa shape index (κ3) is 3.46. The van der Waals surface area contributed by atoms with E-state index >= 15 is 0 Å². The van der Waals surface area contributed by atoms with Gasteiger partial charge in [-0.3, -0.25) is 4.90 Å². The molecule has 1 aromatic rings. The van der Waals surface area contributed by atoms with E-state index in [-0.39, 0.29) is 18.9 Å². The maximum atomic E-state index is 14.4. The van der Waals surface area contributed by atoms with E-state index in [1.807, 2.05) is 16.7 Å². The van der Waals surface area contributed by atoms with Crippen LogP contribution >= 0.6 is 11.8 Å². The molecule has 0 aromatic heterocycles. The molecule has 0 radical (unpaired) electrons. The Balaban J connectivity index is 1.74. The molecule has 3 rings (SSSR count). The number of amides is 1. The molecule has 2 aliphatic heterocycles. The number of anilines is 2. The molecule has 1 aromatic carbocycles. The van der Waals surface area contributed by atoms with Crippen LogP contribution in [0.1, 0.15) is 0 Å². The number of carbonyl (C=O) groups is 1. The van der Waals surface area contributed by atoms with Gasteiger partial charge in [-0.05, 0) is 23.7 Å². The first-order valence-corrected chi connectivity index (χ1v) is 8.46. The van der Waals surface area contributed by atoms with Crippen molar-refractivity contribution in [3.63, 3.8) is 0 Å². The van der Waals surface area contributed by atoms with Gasteiger partial charge in [-0.1, -0.05) is 5.11 Å². The lowest BCUT2D eigenvalue weighted by molar-refractivity contribution is 0.145. The number of carbonyl (C=O) groups excluding carboxylic acids is 1. The molecule has 0 bridgehead atoms. The Kier molecular flexibility index (Phi) is 4.78. The van der Waals surface area contributed by atoms with Gasteiger partial charge in [0.25, 0.3) is 0 Å². The molecule has 9 heteroatoms. The van der Waals surface area contributed by atoms with Gasteiger partial charge in [0.2, 0.25) is 0 Å². The Morgan fingerprint density at radius 1 is 1.43 bits per heavy atom. The summed E-state index contributed by atoms with van der Waals surface area (Å²) in [5.74, 6) is 1.63. The van der Waals surface area contributed by atoms with Gasteiger partial charge in [0.15, 0.2) is 0 Å². The Bertz CT molecular complexity index is 646. The fourth-order valence-corrected chi connectivity index (χ4v) is 3.58. The molecular formula is C14H16FN5O2S. The van der Waals surface area contributed by atoms with Crippen molar-refractivity contribution in [1.29, 1.82) is 0 Å². The van der Waals surface area contributed by atoms with Gasteiger partial charge in [-0.25, -0.2) is 9.18 Å². The number of ether oxygens (including phenoxy) is 1. The zero-order chi connectivity index (χ0) is 16.2. The number of thioether (sulfide) groups is 1. The van der Waals surface area contributed by atoms with Crippen LogP contribution in [0.15, 0.2) is 23.3 Å². The average molecular weight is 337 g/mol. The lowest BCUT2D eigenvalue weighted by Gasteiger charge is -2.29. The molecular weight excluding hydrogens is 321 g/mol. The number of hydrogen-bond acceptors (Lipinski definition) is 5. The van der Waals surface area contributed by atoms with Crippen molar-refractivity contribution in [2.24, 2.45) is 5.11 Å². The van der Waals surface area contributed by atoms with Crippen molar-refractivity contribution in [3.05, 3.63) is 34.5 Å². The molecule has 7 nitrogen and oxygen atoms in total. The van der Waals surface area contributed by atoms with E-state index in [0.717, 1.165) is 24.6 Å². The minimum atomic E-state index is -0.551. The largest absolute Gasteiger partial charge is 0.444 e. The smallest absolute Gasteiger partial charge is 0.414 e. The first-order valence-electron chi connectivity index (χ1n) is 7.30. The Morgan fingerprint density at radius 3 is 2.91 bits per heavy atom. The van der Waals surface area contributed by atoms with Gasteiger partial charge >= 0.3 is 6.09 Å². The zero-order valence-electron chi connectivity index (χ0n) is 12.4. The maximum absolute atomic E-state index is 14.4. The van der Waals surface area contributed by atoms with E-state index in [1.165, 1.54) is 11.0 Å². The molecule has 0 N–H and O–H groups in total. The number of benzene rings is 1. The van der Waals surface area contributed by atoms with Crippen LogP contribution in [0, 0.1) is 5.82 Å². The predicted octanol–water partition coefficient (Wildman–Crippen LogP) is 3.01. The van der Waals surface area contributed by atoms with Gasteiger partial charge in [0.05, 0.1) is 24.5 Å². The van der Waals surface area contributed by atoms with Crippen LogP contribution < -0.4 is 9.80 Å². The van der Waals surface area contributed by atoms with E-state index in [4.69, 9.17) is 10.3 Å². The molecule has 0 saturated carbocycles. The molecule has 1 amide bonds. The molecule has 23 heavy (non-hydrogen) atoms. The van der Waals surface area contributed by atoms with E-state index in [1.54, 1.807) is 12.1 Å². The number of cyclic esters (lactones) is 1. The third-order valence-corrected chi connectivity index (χ3v) is 4.76. The van der Waals surface area contributed by atoms with E-state index in [9.17, 15) is 9.18 Å². The Morgan fingerprint density at radius 2 is 2.22 bits per heavy atom. The van der Waals surface area contributed by atoms with Gasteiger partial charge in [0, 0.05) is 29.5 Å². The predicted molar refractivity (Wildman–Crippen MR) is 87.6 cm³/mol. The second-order valence-electron chi connectivity index (χ2n) is 5.26.